The SMILES string of the molecule is CC(=O)Nc1ccc(SCc2ccc(Br)cc2N)cc1. The van der Waals surface area contributed by atoms with Gasteiger partial charge in [-0.15, -0.1) is 11.8 Å². The fraction of sp³-hybridized carbons (Fsp3) is 0.133. The zero-order chi connectivity index (χ0) is 14.5. The average molecular weight is 351 g/mol. The predicted octanol–water partition coefficient (Wildman–Crippen LogP) is 4.28. The Balaban J connectivity index is 1.98. The summed E-state index contributed by atoms with van der Waals surface area (Å²) < 4.78 is 0.989. The first-order valence-corrected chi connectivity index (χ1v) is 7.87. The van der Waals surface area contributed by atoms with E-state index in [4.69, 9.17) is 5.73 Å². The molecule has 3 nitrogen and oxygen atoms in total. The van der Waals surface area contributed by atoms with Gasteiger partial charge in [-0.2, -0.15) is 0 Å². The summed E-state index contributed by atoms with van der Waals surface area (Å²) in [5.41, 5.74) is 8.69. The summed E-state index contributed by atoms with van der Waals surface area (Å²) in [4.78, 5) is 12.1. The number of hydrogen-bond donors (Lipinski definition) is 2. The molecule has 0 aliphatic rings. The number of nitrogens with one attached hydrogen (secondary N) is 1. The lowest BCUT2D eigenvalue weighted by Gasteiger charge is -2.07. The van der Waals surface area contributed by atoms with Crippen LogP contribution in [0.15, 0.2) is 51.8 Å². The number of carbonyl (C=O) groups excluding carboxylic acids is 1. The number of benzene rings is 2. The number of amides is 1. The lowest BCUT2D eigenvalue weighted by atomic mass is 10.2. The lowest BCUT2D eigenvalue weighted by Crippen LogP contribution is -2.05. The third kappa shape index (κ3) is 4.28. The molecule has 0 heterocycles. The predicted molar refractivity (Wildman–Crippen MR) is 88.9 cm³/mol. The number of rotatable bonds is 4. The standard InChI is InChI=1S/C15H15BrN2OS/c1-10(19)18-13-4-6-14(7-5-13)20-9-11-2-3-12(16)8-15(11)17/h2-8H,9,17H2,1H3,(H,18,19). The van der Waals surface area contributed by atoms with Crippen LogP contribution in [0.3, 0.4) is 0 Å². The highest BCUT2D eigenvalue weighted by Crippen LogP contribution is 2.28. The summed E-state index contributed by atoms with van der Waals surface area (Å²) >= 11 is 5.11. The average Bonchev–Trinajstić information content (AvgIpc) is 2.39. The second-order valence-corrected chi connectivity index (χ2v) is 6.30. The molecule has 1 amide bonds. The Morgan fingerprint density at radius 2 is 1.95 bits per heavy atom. The van der Waals surface area contributed by atoms with E-state index >= 15 is 0 Å². The summed E-state index contributed by atoms with van der Waals surface area (Å²) in [6, 6.07) is 13.7. The summed E-state index contributed by atoms with van der Waals surface area (Å²) in [7, 11) is 0. The van der Waals surface area contributed by atoms with Gasteiger partial charge in [0.2, 0.25) is 5.91 Å². The number of nitrogens with two attached hydrogens (primary N) is 1. The molecule has 0 radical (unpaired) electrons. The Hall–Kier alpha value is -1.46. The van der Waals surface area contributed by atoms with Crippen LogP contribution in [0.25, 0.3) is 0 Å². The fourth-order valence-corrected chi connectivity index (χ4v) is 2.99. The molecule has 104 valence electrons. The first-order chi connectivity index (χ1) is 9.54. The van der Waals surface area contributed by atoms with Gasteiger partial charge in [-0.1, -0.05) is 22.0 Å². The molecule has 0 bridgehead atoms. The van der Waals surface area contributed by atoms with Gasteiger partial charge in [-0.05, 0) is 42.0 Å². The molecule has 0 unspecified atom stereocenters. The van der Waals surface area contributed by atoms with Crippen LogP contribution in [0.5, 0.6) is 0 Å². The Bertz CT molecular complexity index is 614. The fourth-order valence-electron chi connectivity index (χ4n) is 1.70. The molecule has 3 N–H and O–H groups in total. The number of nitrogen functional groups attached to an aromatic ring is 1. The van der Waals surface area contributed by atoms with E-state index in [9.17, 15) is 4.79 Å². The number of carbonyl (C=O) groups is 1. The smallest absolute Gasteiger partial charge is 0.221 e. The maximum atomic E-state index is 10.9. The normalized spacial score (nSPS) is 10.3. The van der Waals surface area contributed by atoms with Gasteiger partial charge in [-0.3, -0.25) is 4.79 Å². The monoisotopic (exact) mass is 350 g/mol. The van der Waals surface area contributed by atoms with E-state index in [0.717, 1.165) is 32.1 Å². The van der Waals surface area contributed by atoms with Crippen LogP contribution in [0.1, 0.15) is 12.5 Å². The van der Waals surface area contributed by atoms with Crippen molar-refractivity contribution in [1.29, 1.82) is 0 Å². The highest BCUT2D eigenvalue weighted by Gasteiger charge is 2.02. The summed E-state index contributed by atoms with van der Waals surface area (Å²) in [6.45, 7) is 1.50. The largest absolute Gasteiger partial charge is 0.398 e. The molecule has 0 spiro atoms. The molecule has 5 heteroatoms. The van der Waals surface area contributed by atoms with Gasteiger partial charge in [0.15, 0.2) is 0 Å². The highest BCUT2D eigenvalue weighted by molar-refractivity contribution is 9.10. The van der Waals surface area contributed by atoms with Crippen molar-refractivity contribution in [2.75, 3.05) is 11.1 Å². The molecular weight excluding hydrogens is 336 g/mol. The van der Waals surface area contributed by atoms with Crippen molar-refractivity contribution in [2.24, 2.45) is 0 Å². The topological polar surface area (TPSA) is 55.1 Å². The molecule has 0 saturated heterocycles. The molecule has 0 saturated carbocycles. The quantitative estimate of drug-likeness (QED) is 0.639. The maximum Gasteiger partial charge on any atom is 0.221 e. The highest BCUT2D eigenvalue weighted by atomic mass is 79.9. The second-order valence-electron chi connectivity index (χ2n) is 4.34. The Morgan fingerprint density at radius 3 is 2.55 bits per heavy atom. The van der Waals surface area contributed by atoms with Crippen molar-refractivity contribution >= 4 is 45.0 Å². The second kappa shape index (κ2) is 6.81. The molecule has 2 rings (SSSR count). The van der Waals surface area contributed by atoms with Crippen molar-refractivity contribution in [3.63, 3.8) is 0 Å². The van der Waals surface area contributed by atoms with E-state index in [0.29, 0.717) is 0 Å². The van der Waals surface area contributed by atoms with Crippen LogP contribution in [0.4, 0.5) is 11.4 Å². The Kier molecular flexibility index (Phi) is 5.09. The van der Waals surface area contributed by atoms with Gasteiger partial charge < -0.3 is 11.1 Å². The van der Waals surface area contributed by atoms with Crippen LogP contribution >= 0.6 is 27.7 Å². The van der Waals surface area contributed by atoms with E-state index in [-0.39, 0.29) is 5.91 Å². The van der Waals surface area contributed by atoms with Crippen LogP contribution < -0.4 is 11.1 Å². The molecule has 0 aliphatic carbocycles. The molecule has 2 aromatic carbocycles. The molecule has 0 fully saturated rings. The summed E-state index contributed by atoms with van der Waals surface area (Å²) in [5, 5.41) is 2.75. The van der Waals surface area contributed by atoms with E-state index in [1.54, 1.807) is 11.8 Å². The van der Waals surface area contributed by atoms with E-state index in [1.807, 2.05) is 42.5 Å². The van der Waals surface area contributed by atoms with E-state index in [1.165, 1.54) is 6.92 Å². The van der Waals surface area contributed by atoms with Crippen molar-refractivity contribution < 1.29 is 4.79 Å². The number of thioether (sulfide) groups is 1. The van der Waals surface area contributed by atoms with Crippen molar-refractivity contribution in [3.05, 3.63) is 52.5 Å². The van der Waals surface area contributed by atoms with Crippen LogP contribution in [0.2, 0.25) is 0 Å². The number of anilines is 2. The van der Waals surface area contributed by atoms with Gasteiger partial charge in [-0.25, -0.2) is 0 Å². The first-order valence-electron chi connectivity index (χ1n) is 6.09. The zero-order valence-electron chi connectivity index (χ0n) is 11.0. The van der Waals surface area contributed by atoms with Crippen molar-refractivity contribution in [2.45, 2.75) is 17.6 Å². The number of hydrogen-bond acceptors (Lipinski definition) is 3. The molecule has 20 heavy (non-hydrogen) atoms. The Morgan fingerprint density at radius 1 is 1.25 bits per heavy atom. The minimum atomic E-state index is -0.0620. The first kappa shape index (κ1) is 14.9. The number of halogens is 1. The van der Waals surface area contributed by atoms with Gasteiger partial charge in [0.25, 0.3) is 0 Å². The molecule has 2 aromatic rings. The van der Waals surface area contributed by atoms with Gasteiger partial charge in [0.1, 0.15) is 0 Å². The van der Waals surface area contributed by atoms with Crippen LogP contribution in [0, 0.1) is 0 Å². The summed E-state index contributed by atoms with van der Waals surface area (Å²) in [5.74, 6) is 0.756. The molecule has 0 aliphatic heterocycles. The van der Waals surface area contributed by atoms with Crippen molar-refractivity contribution in [1.82, 2.24) is 0 Å². The Labute approximate surface area is 131 Å². The minimum Gasteiger partial charge on any atom is -0.398 e. The van der Waals surface area contributed by atoms with Gasteiger partial charge in [0.05, 0.1) is 0 Å². The third-order valence-electron chi connectivity index (χ3n) is 2.68. The molecular formula is C15H15BrN2OS. The molecule has 0 atom stereocenters. The van der Waals surface area contributed by atoms with Crippen LogP contribution in [-0.4, -0.2) is 5.91 Å². The lowest BCUT2D eigenvalue weighted by molar-refractivity contribution is -0.114. The zero-order valence-corrected chi connectivity index (χ0v) is 13.4. The molecule has 0 aromatic heterocycles. The van der Waals surface area contributed by atoms with Gasteiger partial charge >= 0.3 is 0 Å². The van der Waals surface area contributed by atoms with E-state index < -0.39 is 0 Å². The van der Waals surface area contributed by atoms with Gasteiger partial charge in [0, 0.05) is 33.4 Å². The van der Waals surface area contributed by atoms with E-state index in [2.05, 4.69) is 21.2 Å². The van der Waals surface area contributed by atoms with Crippen molar-refractivity contribution in [3.8, 4) is 0 Å². The van der Waals surface area contributed by atoms with Crippen LogP contribution in [-0.2, 0) is 10.5 Å². The maximum absolute atomic E-state index is 10.9. The minimum absolute atomic E-state index is 0.0620. The summed E-state index contributed by atoms with van der Waals surface area (Å²) in [6.07, 6.45) is 0. The third-order valence-corrected chi connectivity index (χ3v) is 4.23.